The number of benzene rings is 2. The molecular formula is C18H15NO2. The van der Waals surface area contributed by atoms with Crippen molar-refractivity contribution >= 4 is 16.9 Å². The smallest absolute Gasteiger partial charge is 0.318 e. The molecule has 2 aromatic carbocycles. The first-order valence-corrected chi connectivity index (χ1v) is 6.77. The van der Waals surface area contributed by atoms with Gasteiger partial charge in [-0.25, -0.2) is 0 Å². The number of carboxylic acids is 1. The average Bonchev–Trinajstić information content (AvgIpc) is 2.54. The molecule has 0 amide bonds. The maximum Gasteiger partial charge on any atom is 0.318 e. The zero-order valence-corrected chi connectivity index (χ0v) is 11.7. The van der Waals surface area contributed by atoms with Crippen molar-refractivity contribution in [2.75, 3.05) is 0 Å². The molecule has 0 bridgehead atoms. The molecule has 104 valence electrons. The summed E-state index contributed by atoms with van der Waals surface area (Å²) < 4.78 is 0. The van der Waals surface area contributed by atoms with Crippen LogP contribution in [0.3, 0.4) is 0 Å². The third kappa shape index (κ3) is 2.07. The summed E-state index contributed by atoms with van der Waals surface area (Å²) in [4.78, 5) is 16.4. The molecule has 0 aliphatic rings. The van der Waals surface area contributed by atoms with Gasteiger partial charge in [-0.15, -0.1) is 0 Å². The Kier molecular flexibility index (Phi) is 3.18. The first-order chi connectivity index (χ1) is 10.1. The zero-order valence-electron chi connectivity index (χ0n) is 11.7. The van der Waals surface area contributed by atoms with E-state index in [2.05, 4.69) is 4.98 Å². The van der Waals surface area contributed by atoms with E-state index in [4.69, 9.17) is 0 Å². The maximum absolute atomic E-state index is 12.0. The van der Waals surface area contributed by atoms with E-state index in [1.54, 1.807) is 19.2 Å². The summed E-state index contributed by atoms with van der Waals surface area (Å²) in [6, 6.07) is 18.7. The lowest BCUT2D eigenvalue weighted by molar-refractivity contribution is -0.141. The maximum atomic E-state index is 12.0. The Labute approximate surface area is 122 Å². The molecule has 1 heterocycles. The van der Waals surface area contributed by atoms with Crippen molar-refractivity contribution < 1.29 is 9.90 Å². The highest BCUT2D eigenvalue weighted by atomic mass is 16.4. The number of pyridine rings is 1. The number of aliphatic carboxylic acids is 1. The van der Waals surface area contributed by atoms with Crippen molar-refractivity contribution in [2.45, 2.75) is 12.3 Å². The standard InChI is InChI=1S/C18H15NO2/c1-18(17(20)21,13-7-3-2-4-8-13)15-11-12-19-16-10-6-5-9-14(15)16/h2-12H,1H3,(H,20,21). The largest absolute Gasteiger partial charge is 0.480 e. The fraction of sp³-hybridized carbons (Fsp3) is 0.111. The van der Waals surface area contributed by atoms with E-state index in [-0.39, 0.29) is 0 Å². The molecule has 1 atom stereocenters. The highest BCUT2D eigenvalue weighted by Gasteiger charge is 2.38. The van der Waals surface area contributed by atoms with E-state index in [9.17, 15) is 9.90 Å². The Bertz CT molecular complexity index is 793. The lowest BCUT2D eigenvalue weighted by atomic mass is 9.75. The van der Waals surface area contributed by atoms with Gasteiger partial charge >= 0.3 is 5.97 Å². The van der Waals surface area contributed by atoms with Gasteiger partial charge in [0.15, 0.2) is 0 Å². The zero-order chi connectivity index (χ0) is 14.9. The number of carbonyl (C=O) groups is 1. The highest BCUT2D eigenvalue weighted by Crippen LogP contribution is 2.36. The van der Waals surface area contributed by atoms with Crippen LogP contribution in [0.1, 0.15) is 18.1 Å². The topological polar surface area (TPSA) is 50.2 Å². The normalized spacial score (nSPS) is 13.8. The van der Waals surface area contributed by atoms with Crippen LogP contribution in [-0.4, -0.2) is 16.1 Å². The molecule has 0 aliphatic heterocycles. The molecule has 21 heavy (non-hydrogen) atoms. The second-order valence-electron chi connectivity index (χ2n) is 5.17. The van der Waals surface area contributed by atoms with Crippen molar-refractivity contribution in [3.8, 4) is 0 Å². The lowest BCUT2D eigenvalue weighted by Gasteiger charge is -2.27. The van der Waals surface area contributed by atoms with Crippen LogP contribution in [0.2, 0.25) is 0 Å². The molecule has 0 saturated carbocycles. The van der Waals surface area contributed by atoms with Crippen LogP contribution < -0.4 is 0 Å². The van der Waals surface area contributed by atoms with Crippen molar-refractivity contribution in [1.82, 2.24) is 4.98 Å². The quantitative estimate of drug-likeness (QED) is 0.795. The van der Waals surface area contributed by atoms with Crippen LogP contribution in [0, 0.1) is 0 Å². The summed E-state index contributed by atoms with van der Waals surface area (Å²) in [5, 5.41) is 10.7. The number of aromatic nitrogens is 1. The Morgan fingerprint density at radius 1 is 1.00 bits per heavy atom. The van der Waals surface area contributed by atoms with Gasteiger partial charge in [-0.2, -0.15) is 0 Å². The molecule has 3 rings (SSSR count). The van der Waals surface area contributed by atoms with Crippen molar-refractivity contribution in [3.63, 3.8) is 0 Å². The van der Waals surface area contributed by atoms with Gasteiger partial charge in [0, 0.05) is 11.6 Å². The lowest BCUT2D eigenvalue weighted by Crippen LogP contribution is -2.34. The molecule has 0 spiro atoms. The number of hydrogen-bond acceptors (Lipinski definition) is 2. The Morgan fingerprint density at radius 2 is 1.67 bits per heavy atom. The second-order valence-corrected chi connectivity index (χ2v) is 5.17. The van der Waals surface area contributed by atoms with Crippen LogP contribution in [0.15, 0.2) is 66.9 Å². The van der Waals surface area contributed by atoms with Crippen LogP contribution >= 0.6 is 0 Å². The minimum Gasteiger partial charge on any atom is -0.480 e. The monoisotopic (exact) mass is 277 g/mol. The Morgan fingerprint density at radius 3 is 2.38 bits per heavy atom. The predicted octanol–water partition coefficient (Wildman–Crippen LogP) is 3.63. The third-order valence-electron chi connectivity index (χ3n) is 3.97. The number of fused-ring (bicyclic) bond motifs is 1. The molecule has 3 nitrogen and oxygen atoms in total. The molecule has 3 heteroatoms. The van der Waals surface area contributed by atoms with Gasteiger partial charge in [0.2, 0.25) is 0 Å². The molecule has 3 aromatic rings. The van der Waals surface area contributed by atoms with E-state index in [0.29, 0.717) is 0 Å². The Balaban J connectivity index is 2.34. The summed E-state index contributed by atoms with van der Waals surface area (Å²) in [6.07, 6.45) is 1.67. The molecule has 1 N–H and O–H groups in total. The average molecular weight is 277 g/mol. The second kappa shape index (κ2) is 5.02. The minimum atomic E-state index is -1.11. The molecule has 0 fully saturated rings. The first kappa shape index (κ1) is 13.3. The Hall–Kier alpha value is -2.68. The van der Waals surface area contributed by atoms with Crippen molar-refractivity contribution in [1.29, 1.82) is 0 Å². The number of carboxylic acid groups (broad SMARTS) is 1. The molecule has 1 unspecified atom stereocenters. The summed E-state index contributed by atoms with van der Waals surface area (Å²) in [6.45, 7) is 1.74. The fourth-order valence-corrected chi connectivity index (χ4v) is 2.70. The summed E-state index contributed by atoms with van der Waals surface area (Å²) >= 11 is 0. The van der Waals surface area contributed by atoms with E-state index in [1.165, 1.54) is 0 Å². The SMILES string of the molecule is CC(C(=O)O)(c1ccccc1)c1ccnc2ccccc12. The number of hydrogen-bond donors (Lipinski definition) is 1. The van der Waals surface area contributed by atoms with Crippen LogP contribution in [0.5, 0.6) is 0 Å². The van der Waals surface area contributed by atoms with Gasteiger partial charge in [-0.05, 0) is 30.2 Å². The van der Waals surface area contributed by atoms with Crippen LogP contribution in [0.25, 0.3) is 10.9 Å². The van der Waals surface area contributed by atoms with Crippen LogP contribution in [0.4, 0.5) is 0 Å². The molecule has 0 saturated heterocycles. The number of rotatable bonds is 3. The predicted molar refractivity (Wildman–Crippen MR) is 82.3 cm³/mol. The van der Waals surface area contributed by atoms with Crippen molar-refractivity contribution in [3.05, 3.63) is 78.0 Å². The molecular weight excluding hydrogens is 262 g/mol. The summed E-state index contributed by atoms with van der Waals surface area (Å²) in [7, 11) is 0. The van der Waals surface area contributed by atoms with Crippen molar-refractivity contribution in [2.24, 2.45) is 0 Å². The van der Waals surface area contributed by atoms with E-state index in [0.717, 1.165) is 22.0 Å². The van der Waals surface area contributed by atoms with Gasteiger partial charge in [-0.3, -0.25) is 9.78 Å². The molecule has 0 aliphatic carbocycles. The first-order valence-electron chi connectivity index (χ1n) is 6.77. The molecule has 1 aromatic heterocycles. The van der Waals surface area contributed by atoms with Gasteiger partial charge in [0.25, 0.3) is 0 Å². The van der Waals surface area contributed by atoms with E-state index < -0.39 is 11.4 Å². The highest BCUT2D eigenvalue weighted by molar-refractivity contribution is 5.93. The van der Waals surface area contributed by atoms with E-state index in [1.807, 2.05) is 54.6 Å². The third-order valence-corrected chi connectivity index (χ3v) is 3.97. The number of nitrogens with zero attached hydrogens (tertiary/aromatic N) is 1. The minimum absolute atomic E-state index is 0.756. The van der Waals surface area contributed by atoms with Gasteiger partial charge in [0.05, 0.1) is 5.52 Å². The van der Waals surface area contributed by atoms with Gasteiger partial charge < -0.3 is 5.11 Å². The summed E-state index contributed by atoms with van der Waals surface area (Å²) in [5.74, 6) is -0.870. The number of para-hydroxylation sites is 1. The molecule has 0 radical (unpaired) electrons. The van der Waals surface area contributed by atoms with Gasteiger partial charge in [-0.1, -0.05) is 48.5 Å². The fourth-order valence-electron chi connectivity index (χ4n) is 2.70. The summed E-state index contributed by atoms with van der Waals surface area (Å²) in [5.41, 5.74) is 1.21. The van der Waals surface area contributed by atoms with Crippen LogP contribution in [-0.2, 0) is 10.2 Å². The van der Waals surface area contributed by atoms with E-state index >= 15 is 0 Å². The van der Waals surface area contributed by atoms with Gasteiger partial charge in [0.1, 0.15) is 5.41 Å².